The fourth-order valence-electron chi connectivity index (χ4n) is 4.00. The van der Waals surface area contributed by atoms with E-state index in [4.69, 9.17) is 4.74 Å². The number of carbonyl (C=O) groups excluding carboxylic acids is 1. The van der Waals surface area contributed by atoms with Crippen molar-refractivity contribution < 1.29 is 9.53 Å². The number of ether oxygens (including phenoxy) is 1. The van der Waals surface area contributed by atoms with Crippen LogP contribution in [0.15, 0.2) is 59.2 Å². The molecule has 1 aromatic heterocycles. The number of anilines is 1. The highest BCUT2D eigenvalue weighted by atomic mass is 79.9. The van der Waals surface area contributed by atoms with Gasteiger partial charge in [0.2, 0.25) is 0 Å². The van der Waals surface area contributed by atoms with Gasteiger partial charge in [-0.1, -0.05) is 57.6 Å². The molecule has 5 rings (SSSR count). The number of rotatable bonds is 3. The molecule has 148 valence electrons. The third kappa shape index (κ3) is 3.76. The molecular weight excluding hydrogens is 450 g/mol. The number of para-hydroxylation sites is 1. The highest BCUT2D eigenvalue weighted by molar-refractivity contribution is 9.10. The summed E-state index contributed by atoms with van der Waals surface area (Å²) in [5.41, 5.74) is 1.99. The fourth-order valence-corrected chi connectivity index (χ4v) is 5.08. The minimum absolute atomic E-state index is 0.0637. The number of nitrogens with zero attached hydrogens (tertiary/aromatic N) is 1. The summed E-state index contributed by atoms with van der Waals surface area (Å²) in [5.74, 6) is 0.885. The van der Waals surface area contributed by atoms with Crippen LogP contribution in [0.3, 0.4) is 0 Å². The Balaban J connectivity index is 1.29. The Labute approximate surface area is 181 Å². The van der Waals surface area contributed by atoms with Gasteiger partial charge in [0.15, 0.2) is 5.13 Å². The highest BCUT2D eigenvalue weighted by Crippen LogP contribution is 2.48. The third-order valence-corrected chi connectivity index (χ3v) is 7.11. The van der Waals surface area contributed by atoms with E-state index >= 15 is 0 Å². The number of urea groups is 1. The molecule has 1 atom stereocenters. The van der Waals surface area contributed by atoms with E-state index in [-0.39, 0.29) is 17.7 Å². The maximum Gasteiger partial charge on any atom is 0.321 e. The number of hydrogen-bond acceptors (Lipinski definition) is 4. The van der Waals surface area contributed by atoms with E-state index in [1.165, 1.54) is 17.8 Å². The molecule has 1 saturated carbocycles. The van der Waals surface area contributed by atoms with Crippen molar-refractivity contribution in [1.82, 2.24) is 10.3 Å². The lowest BCUT2D eigenvalue weighted by Gasteiger charge is -2.47. The van der Waals surface area contributed by atoms with Gasteiger partial charge in [-0.25, -0.2) is 9.78 Å². The molecule has 1 aliphatic heterocycles. The minimum Gasteiger partial charge on any atom is -0.487 e. The van der Waals surface area contributed by atoms with Crippen LogP contribution >= 0.6 is 27.3 Å². The Bertz CT molecular complexity index is 1050. The van der Waals surface area contributed by atoms with Gasteiger partial charge in [-0.2, -0.15) is 0 Å². The molecule has 3 aromatic rings. The first kappa shape index (κ1) is 18.6. The normalized spacial score (nSPS) is 19.0. The maximum absolute atomic E-state index is 12.7. The van der Waals surface area contributed by atoms with Crippen molar-refractivity contribution in [2.24, 2.45) is 0 Å². The molecular formula is C22H20BrN3O2S. The van der Waals surface area contributed by atoms with E-state index in [1.807, 2.05) is 48.5 Å². The molecule has 5 nitrogen and oxygen atoms in total. The number of thiazole rings is 1. The van der Waals surface area contributed by atoms with Gasteiger partial charge in [-0.3, -0.25) is 5.32 Å². The molecule has 2 aromatic carbocycles. The zero-order valence-corrected chi connectivity index (χ0v) is 18.1. The summed E-state index contributed by atoms with van der Waals surface area (Å²) < 4.78 is 7.29. The number of carbonyl (C=O) groups is 1. The van der Waals surface area contributed by atoms with Crippen LogP contribution in [-0.2, 0) is 0 Å². The van der Waals surface area contributed by atoms with E-state index in [0.717, 1.165) is 45.5 Å². The average molecular weight is 470 g/mol. The molecule has 0 radical (unpaired) electrons. The van der Waals surface area contributed by atoms with E-state index < -0.39 is 0 Å². The van der Waals surface area contributed by atoms with Crippen molar-refractivity contribution in [3.63, 3.8) is 0 Å². The van der Waals surface area contributed by atoms with Crippen LogP contribution in [0.1, 0.15) is 37.3 Å². The third-order valence-electron chi connectivity index (χ3n) is 5.62. The molecule has 0 bridgehead atoms. The number of halogens is 1. The number of aromatic nitrogens is 1. The Kier molecular flexibility index (Phi) is 4.80. The first-order valence-electron chi connectivity index (χ1n) is 9.68. The van der Waals surface area contributed by atoms with Gasteiger partial charge in [-0.05, 0) is 43.0 Å². The number of nitrogens with one attached hydrogen (secondary N) is 2. The second kappa shape index (κ2) is 7.46. The molecule has 2 heterocycles. The highest BCUT2D eigenvalue weighted by Gasteiger charge is 2.45. The van der Waals surface area contributed by atoms with Crippen molar-refractivity contribution >= 4 is 38.4 Å². The number of amides is 2. The van der Waals surface area contributed by atoms with Crippen molar-refractivity contribution in [3.8, 4) is 16.2 Å². The second-order valence-corrected chi connectivity index (χ2v) is 9.51. The summed E-state index contributed by atoms with van der Waals surface area (Å²) in [5, 5.41) is 6.61. The van der Waals surface area contributed by atoms with Crippen LogP contribution < -0.4 is 15.4 Å². The Hall–Kier alpha value is -2.38. The van der Waals surface area contributed by atoms with Gasteiger partial charge in [0.1, 0.15) is 11.4 Å². The van der Waals surface area contributed by atoms with Crippen molar-refractivity contribution in [2.45, 2.75) is 37.3 Å². The Morgan fingerprint density at radius 1 is 1.17 bits per heavy atom. The largest absolute Gasteiger partial charge is 0.487 e. The molecule has 2 aliphatic rings. The van der Waals surface area contributed by atoms with Crippen LogP contribution in [0.25, 0.3) is 10.4 Å². The summed E-state index contributed by atoms with van der Waals surface area (Å²) in [6.07, 6.45) is 5.86. The molecule has 1 aliphatic carbocycles. The van der Waals surface area contributed by atoms with E-state index in [1.54, 1.807) is 6.20 Å². The van der Waals surface area contributed by atoms with Crippen LogP contribution in [0.5, 0.6) is 5.75 Å². The van der Waals surface area contributed by atoms with Gasteiger partial charge in [0.05, 0.1) is 10.9 Å². The molecule has 1 fully saturated rings. The number of benzene rings is 2. The summed E-state index contributed by atoms with van der Waals surface area (Å²) >= 11 is 4.91. The Morgan fingerprint density at radius 3 is 2.72 bits per heavy atom. The summed E-state index contributed by atoms with van der Waals surface area (Å²) in [6.45, 7) is 0. The standard InChI is InChI=1S/C22H20BrN3O2S/c23-15-8-6-14(7-9-15)19-13-24-21(29-19)26-20(27)25-17-12-22(10-3-11-22)28-18-5-2-1-4-16(17)18/h1-2,4-9,13,17H,3,10-12H2,(H2,24,25,26,27). The van der Waals surface area contributed by atoms with Gasteiger partial charge < -0.3 is 10.1 Å². The smallest absolute Gasteiger partial charge is 0.321 e. The van der Waals surface area contributed by atoms with Crippen LogP contribution in [0.4, 0.5) is 9.93 Å². The van der Waals surface area contributed by atoms with Gasteiger partial charge in [0, 0.05) is 22.7 Å². The maximum atomic E-state index is 12.7. The predicted octanol–water partition coefficient (Wildman–Crippen LogP) is 6.14. The molecule has 2 N–H and O–H groups in total. The van der Waals surface area contributed by atoms with E-state index in [2.05, 4.69) is 31.5 Å². The van der Waals surface area contributed by atoms with Crippen LogP contribution in [0.2, 0.25) is 0 Å². The topological polar surface area (TPSA) is 63.2 Å². The monoisotopic (exact) mass is 469 g/mol. The minimum atomic E-state index is -0.238. The quantitative estimate of drug-likeness (QED) is 0.483. The fraction of sp³-hybridized carbons (Fsp3) is 0.273. The zero-order chi connectivity index (χ0) is 19.8. The SMILES string of the molecule is O=C(Nc1ncc(-c2ccc(Br)cc2)s1)NC1CC2(CCC2)Oc2ccccc21. The molecule has 1 spiro atoms. The summed E-state index contributed by atoms with van der Waals surface area (Å²) in [7, 11) is 0. The van der Waals surface area contributed by atoms with Gasteiger partial charge in [0.25, 0.3) is 0 Å². The summed E-state index contributed by atoms with van der Waals surface area (Å²) in [6, 6.07) is 15.7. The lowest BCUT2D eigenvalue weighted by Crippen LogP contribution is -2.50. The first-order valence-corrected chi connectivity index (χ1v) is 11.3. The lowest BCUT2D eigenvalue weighted by atomic mass is 9.73. The van der Waals surface area contributed by atoms with Crippen molar-refractivity contribution in [1.29, 1.82) is 0 Å². The molecule has 2 amide bonds. The summed E-state index contributed by atoms with van der Waals surface area (Å²) in [4.78, 5) is 18.1. The van der Waals surface area contributed by atoms with Crippen molar-refractivity contribution in [2.75, 3.05) is 5.32 Å². The van der Waals surface area contributed by atoms with E-state index in [0.29, 0.717) is 5.13 Å². The van der Waals surface area contributed by atoms with Gasteiger partial charge >= 0.3 is 6.03 Å². The average Bonchev–Trinajstić information content (AvgIpc) is 3.15. The van der Waals surface area contributed by atoms with Gasteiger partial charge in [-0.15, -0.1) is 0 Å². The predicted molar refractivity (Wildman–Crippen MR) is 118 cm³/mol. The van der Waals surface area contributed by atoms with E-state index in [9.17, 15) is 4.79 Å². The molecule has 0 saturated heterocycles. The lowest BCUT2D eigenvalue weighted by molar-refractivity contribution is -0.0354. The van der Waals surface area contributed by atoms with Crippen molar-refractivity contribution in [3.05, 3.63) is 64.8 Å². The molecule has 7 heteroatoms. The number of hydrogen-bond donors (Lipinski definition) is 2. The first-order chi connectivity index (χ1) is 14.1. The molecule has 29 heavy (non-hydrogen) atoms. The van der Waals surface area contributed by atoms with Crippen LogP contribution in [0, 0.1) is 0 Å². The molecule has 1 unspecified atom stereocenters. The zero-order valence-electron chi connectivity index (χ0n) is 15.7. The number of fused-ring (bicyclic) bond motifs is 1. The second-order valence-electron chi connectivity index (χ2n) is 7.57. The Morgan fingerprint density at radius 2 is 1.97 bits per heavy atom. The van der Waals surface area contributed by atoms with Crippen LogP contribution in [-0.4, -0.2) is 16.6 Å².